The van der Waals surface area contributed by atoms with Crippen molar-refractivity contribution in [1.82, 2.24) is 19.6 Å². The van der Waals surface area contributed by atoms with Gasteiger partial charge in [-0.1, -0.05) is 29.8 Å². The molecule has 0 fully saturated rings. The van der Waals surface area contributed by atoms with Crippen molar-refractivity contribution in [2.24, 2.45) is 0 Å². The highest BCUT2D eigenvalue weighted by atomic mass is 35.5. The number of nitrogens with zero attached hydrogens (tertiary/aromatic N) is 4. The minimum Gasteiger partial charge on any atom is -0.481 e. The Morgan fingerprint density at radius 1 is 1.18 bits per heavy atom. The van der Waals surface area contributed by atoms with Crippen molar-refractivity contribution < 1.29 is 14.7 Å². The largest absolute Gasteiger partial charge is 0.481 e. The van der Waals surface area contributed by atoms with Crippen LogP contribution in [-0.4, -0.2) is 36.5 Å². The van der Waals surface area contributed by atoms with Gasteiger partial charge in [0.1, 0.15) is 5.69 Å². The van der Waals surface area contributed by atoms with E-state index < -0.39 is 5.97 Å². The van der Waals surface area contributed by atoms with Crippen molar-refractivity contribution >= 4 is 29.2 Å². The monoisotopic (exact) mass is 401 g/mol. The summed E-state index contributed by atoms with van der Waals surface area (Å²) in [6.07, 6.45) is 1.35. The van der Waals surface area contributed by atoms with Gasteiger partial charge in [-0.2, -0.15) is 10.2 Å². The Balaban J connectivity index is 1.79. The fourth-order valence-electron chi connectivity index (χ4n) is 2.90. The topological polar surface area (TPSA) is 102 Å². The van der Waals surface area contributed by atoms with Crippen LogP contribution in [0.1, 0.15) is 33.9 Å². The maximum Gasteiger partial charge on any atom is 0.305 e. The summed E-state index contributed by atoms with van der Waals surface area (Å²) in [4.78, 5) is 23.5. The summed E-state index contributed by atoms with van der Waals surface area (Å²) in [7, 11) is 0. The summed E-state index contributed by atoms with van der Waals surface area (Å²) in [5.74, 6) is -1.32. The van der Waals surface area contributed by atoms with Crippen molar-refractivity contribution in [1.29, 1.82) is 0 Å². The zero-order valence-corrected chi connectivity index (χ0v) is 16.3. The molecule has 0 atom stereocenters. The zero-order chi connectivity index (χ0) is 20.3. The molecule has 0 spiro atoms. The van der Waals surface area contributed by atoms with Crippen LogP contribution in [0.5, 0.6) is 0 Å². The molecule has 1 amide bonds. The summed E-state index contributed by atoms with van der Waals surface area (Å²) < 4.78 is 3.16. The molecule has 0 unspecified atom stereocenters. The van der Waals surface area contributed by atoms with Gasteiger partial charge in [-0.25, -0.2) is 0 Å². The Labute approximate surface area is 166 Å². The molecule has 0 aliphatic heterocycles. The number of aliphatic carboxylic acids is 1. The molecule has 0 saturated carbocycles. The zero-order valence-electron chi connectivity index (χ0n) is 15.5. The van der Waals surface area contributed by atoms with Crippen LogP contribution in [0.25, 0.3) is 0 Å². The Hall–Kier alpha value is -3.13. The minimum atomic E-state index is -0.950. The molecule has 0 aliphatic carbocycles. The van der Waals surface area contributed by atoms with Gasteiger partial charge >= 0.3 is 5.97 Å². The number of nitrogens with one attached hydrogen (secondary N) is 1. The number of carboxylic acids is 1. The molecule has 1 aromatic carbocycles. The average Bonchev–Trinajstić information content (AvgIpc) is 3.22. The first-order valence-electron chi connectivity index (χ1n) is 8.69. The smallest absolute Gasteiger partial charge is 0.305 e. The molecule has 146 valence electrons. The van der Waals surface area contributed by atoms with Crippen LogP contribution in [0.4, 0.5) is 5.69 Å². The highest BCUT2D eigenvalue weighted by Crippen LogP contribution is 2.23. The van der Waals surface area contributed by atoms with Crippen molar-refractivity contribution in [2.45, 2.75) is 33.4 Å². The van der Waals surface area contributed by atoms with Crippen LogP contribution >= 0.6 is 11.6 Å². The van der Waals surface area contributed by atoms with Crippen LogP contribution in [0.3, 0.4) is 0 Å². The molecule has 3 rings (SSSR count). The summed E-state index contributed by atoms with van der Waals surface area (Å²) in [5.41, 5.74) is 3.30. The second-order valence-corrected chi connectivity index (χ2v) is 6.74. The van der Waals surface area contributed by atoms with E-state index in [4.69, 9.17) is 16.7 Å². The van der Waals surface area contributed by atoms with E-state index in [1.165, 1.54) is 10.9 Å². The van der Waals surface area contributed by atoms with Crippen LogP contribution in [-0.2, 0) is 17.9 Å². The number of amides is 1. The maximum absolute atomic E-state index is 12.7. The third-order valence-corrected chi connectivity index (χ3v) is 4.75. The molecule has 2 aromatic heterocycles. The first kappa shape index (κ1) is 19.6. The second kappa shape index (κ2) is 8.26. The molecule has 0 aliphatic rings. The molecule has 0 bridgehead atoms. The van der Waals surface area contributed by atoms with E-state index in [-0.39, 0.29) is 18.9 Å². The Morgan fingerprint density at radius 3 is 2.64 bits per heavy atom. The minimum absolute atomic E-state index is 0.115. The summed E-state index contributed by atoms with van der Waals surface area (Å²) in [5, 5.41) is 20.9. The molecule has 2 heterocycles. The SMILES string of the molecule is Cc1nn(Cc2ccccc2Cl)c(C)c1NC(=O)c1ccnn1CCC(=O)O. The van der Waals surface area contributed by atoms with E-state index in [9.17, 15) is 9.59 Å². The first-order chi connectivity index (χ1) is 13.4. The lowest BCUT2D eigenvalue weighted by Gasteiger charge is -2.09. The number of aryl methyl sites for hydroxylation is 2. The Morgan fingerprint density at radius 2 is 1.93 bits per heavy atom. The molecular weight excluding hydrogens is 382 g/mol. The van der Waals surface area contributed by atoms with Crippen molar-refractivity contribution in [3.05, 3.63) is 64.2 Å². The van der Waals surface area contributed by atoms with Gasteiger partial charge in [0.25, 0.3) is 5.91 Å². The first-order valence-corrected chi connectivity index (χ1v) is 9.07. The summed E-state index contributed by atoms with van der Waals surface area (Å²) in [6.45, 7) is 4.29. The number of carbonyl (C=O) groups is 2. The van der Waals surface area contributed by atoms with Gasteiger partial charge in [0.2, 0.25) is 0 Å². The van der Waals surface area contributed by atoms with Crippen molar-refractivity contribution in [2.75, 3.05) is 5.32 Å². The number of aromatic nitrogens is 4. The number of benzene rings is 1. The molecule has 28 heavy (non-hydrogen) atoms. The van der Waals surface area contributed by atoms with Gasteiger partial charge in [-0.05, 0) is 31.5 Å². The molecular formula is C19H20ClN5O3. The standard InChI is InChI=1S/C19H20ClN5O3/c1-12-18(13(2)25(23-12)11-14-5-3-4-6-15(14)20)22-19(28)16-7-9-21-24(16)10-8-17(26)27/h3-7,9H,8,10-11H2,1-2H3,(H,22,28)(H,26,27). The van der Waals surface area contributed by atoms with Gasteiger partial charge in [-0.3, -0.25) is 19.0 Å². The number of anilines is 1. The highest BCUT2D eigenvalue weighted by molar-refractivity contribution is 6.31. The van der Waals surface area contributed by atoms with Gasteiger partial charge in [0, 0.05) is 11.2 Å². The maximum atomic E-state index is 12.7. The van der Waals surface area contributed by atoms with E-state index in [1.807, 2.05) is 38.1 Å². The lowest BCUT2D eigenvalue weighted by atomic mass is 10.2. The number of hydrogen-bond acceptors (Lipinski definition) is 4. The highest BCUT2D eigenvalue weighted by Gasteiger charge is 2.18. The van der Waals surface area contributed by atoms with E-state index in [2.05, 4.69) is 15.5 Å². The summed E-state index contributed by atoms with van der Waals surface area (Å²) in [6, 6.07) is 9.08. The van der Waals surface area contributed by atoms with Crippen LogP contribution in [0.2, 0.25) is 5.02 Å². The fraction of sp³-hybridized carbons (Fsp3) is 0.263. The van der Waals surface area contributed by atoms with Gasteiger partial charge in [0.05, 0.1) is 36.6 Å². The quantitative estimate of drug-likeness (QED) is 0.633. The average molecular weight is 402 g/mol. The predicted molar refractivity (Wildman–Crippen MR) is 105 cm³/mol. The van der Waals surface area contributed by atoms with E-state index in [0.717, 1.165) is 11.3 Å². The van der Waals surface area contributed by atoms with Gasteiger partial charge in [-0.15, -0.1) is 0 Å². The fourth-order valence-corrected chi connectivity index (χ4v) is 3.10. The molecule has 0 radical (unpaired) electrons. The molecule has 0 saturated heterocycles. The van der Waals surface area contributed by atoms with E-state index >= 15 is 0 Å². The van der Waals surface area contributed by atoms with E-state index in [1.54, 1.807) is 10.7 Å². The number of rotatable bonds is 7. The molecule has 3 aromatic rings. The van der Waals surface area contributed by atoms with Crippen LogP contribution < -0.4 is 5.32 Å². The molecule has 2 N–H and O–H groups in total. The second-order valence-electron chi connectivity index (χ2n) is 6.33. The number of carboxylic acid groups (broad SMARTS) is 1. The Kier molecular flexibility index (Phi) is 5.79. The van der Waals surface area contributed by atoms with Gasteiger partial charge < -0.3 is 10.4 Å². The lowest BCUT2D eigenvalue weighted by molar-refractivity contribution is -0.137. The van der Waals surface area contributed by atoms with Crippen molar-refractivity contribution in [3.8, 4) is 0 Å². The van der Waals surface area contributed by atoms with Crippen LogP contribution in [0, 0.1) is 13.8 Å². The number of halogens is 1. The van der Waals surface area contributed by atoms with E-state index in [0.29, 0.717) is 28.6 Å². The third-order valence-electron chi connectivity index (χ3n) is 4.38. The van der Waals surface area contributed by atoms with Crippen LogP contribution in [0.15, 0.2) is 36.5 Å². The predicted octanol–water partition coefficient (Wildman–Crippen LogP) is 3.13. The van der Waals surface area contributed by atoms with Crippen molar-refractivity contribution in [3.63, 3.8) is 0 Å². The summed E-state index contributed by atoms with van der Waals surface area (Å²) >= 11 is 6.23. The lowest BCUT2D eigenvalue weighted by Crippen LogP contribution is -2.19. The molecule has 8 nitrogen and oxygen atoms in total. The normalized spacial score (nSPS) is 10.8. The third kappa shape index (κ3) is 4.23. The number of carbonyl (C=O) groups excluding carboxylic acids is 1. The van der Waals surface area contributed by atoms with Gasteiger partial charge in [0.15, 0.2) is 0 Å². The molecule has 9 heteroatoms. The Bertz CT molecular complexity index is 1020. The number of hydrogen-bond donors (Lipinski definition) is 2.